The molecular weight excluding hydrogens is 290 g/mol. The molecule has 1 N–H and O–H groups in total. The summed E-state index contributed by atoms with van der Waals surface area (Å²) >= 11 is 0. The molecule has 1 aliphatic heterocycles. The molecule has 6 nitrogen and oxygen atoms in total. The normalized spacial score (nSPS) is 15.9. The highest BCUT2D eigenvalue weighted by molar-refractivity contribution is 5.81. The monoisotopic (exact) mass is 313 g/mol. The molecule has 0 spiro atoms. The van der Waals surface area contributed by atoms with Gasteiger partial charge >= 0.3 is 0 Å². The van der Waals surface area contributed by atoms with Crippen molar-refractivity contribution in [1.29, 1.82) is 0 Å². The van der Waals surface area contributed by atoms with Crippen LogP contribution in [0.2, 0.25) is 0 Å². The number of nitrogens with one attached hydrogen (secondary N) is 1. The summed E-state index contributed by atoms with van der Waals surface area (Å²) in [6.45, 7) is 6.94. The minimum Gasteiger partial charge on any atom is -0.353 e. The van der Waals surface area contributed by atoms with Crippen molar-refractivity contribution in [3.05, 3.63) is 47.5 Å². The lowest BCUT2D eigenvalue weighted by atomic mass is 9.99. The maximum atomic E-state index is 12.4. The first kappa shape index (κ1) is 15.7. The van der Waals surface area contributed by atoms with Crippen LogP contribution in [0.1, 0.15) is 23.9 Å². The van der Waals surface area contributed by atoms with Crippen LogP contribution in [0.15, 0.2) is 30.6 Å². The van der Waals surface area contributed by atoms with Gasteiger partial charge in [-0.1, -0.05) is 24.3 Å². The average molecular weight is 313 g/mol. The van der Waals surface area contributed by atoms with E-state index in [0.717, 1.165) is 25.3 Å². The Balaban J connectivity index is 1.51. The van der Waals surface area contributed by atoms with Gasteiger partial charge in [-0.25, -0.2) is 0 Å². The zero-order valence-corrected chi connectivity index (χ0v) is 13.7. The maximum Gasteiger partial charge on any atom is 0.237 e. The summed E-state index contributed by atoms with van der Waals surface area (Å²) in [5, 5.41) is 10.8. The molecule has 1 atom stereocenters. The van der Waals surface area contributed by atoms with E-state index in [0.29, 0.717) is 13.1 Å². The number of nitrogens with zero attached hydrogens (tertiary/aromatic N) is 4. The summed E-state index contributed by atoms with van der Waals surface area (Å²) in [6.07, 6.45) is 2.69. The van der Waals surface area contributed by atoms with E-state index in [4.69, 9.17) is 0 Å². The second-order valence-corrected chi connectivity index (χ2v) is 6.03. The van der Waals surface area contributed by atoms with Crippen molar-refractivity contribution >= 4 is 5.91 Å². The third-order valence-corrected chi connectivity index (χ3v) is 4.55. The van der Waals surface area contributed by atoms with Crippen molar-refractivity contribution in [3.63, 3.8) is 0 Å². The van der Waals surface area contributed by atoms with Crippen LogP contribution in [0.25, 0.3) is 0 Å². The minimum absolute atomic E-state index is 0.0788. The van der Waals surface area contributed by atoms with Crippen LogP contribution in [0.5, 0.6) is 0 Å². The molecule has 0 saturated heterocycles. The molecule has 0 aliphatic carbocycles. The van der Waals surface area contributed by atoms with E-state index >= 15 is 0 Å². The summed E-state index contributed by atoms with van der Waals surface area (Å²) in [6, 6.07) is 8.36. The smallest absolute Gasteiger partial charge is 0.237 e. The third-order valence-electron chi connectivity index (χ3n) is 4.55. The first-order valence-electron chi connectivity index (χ1n) is 8.08. The van der Waals surface area contributed by atoms with E-state index in [1.165, 1.54) is 11.1 Å². The number of rotatable bonds is 5. The van der Waals surface area contributed by atoms with Crippen molar-refractivity contribution in [2.24, 2.45) is 0 Å². The minimum atomic E-state index is -0.120. The second kappa shape index (κ2) is 6.91. The number of hydrogen-bond acceptors (Lipinski definition) is 4. The van der Waals surface area contributed by atoms with Gasteiger partial charge in [0.05, 0.1) is 6.04 Å². The first-order valence-corrected chi connectivity index (χ1v) is 8.08. The van der Waals surface area contributed by atoms with Gasteiger partial charge in [-0.2, -0.15) is 0 Å². The quantitative estimate of drug-likeness (QED) is 0.899. The molecule has 0 radical (unpaired) electrons. The molecule has 1 aliphatic rings. The Bertz CT molecular complexity index is 681. The molecule has 1 aromatic carbocycles. The van der Waals surface area contributed by atoms with E-state index < -0.39 is 0 Å². The maximum absolute atomic E-state index is 12.4. The first-order chi connectivity index (χ1) is 11.1. The Labute approximate surface area is 136 Å². The van der Waals surface area contributed by atoms with Gasteiger partial charge in [0.2, 0.25) is 5.91 Å². The molecule has 0 fully saturated rings. The lowest BCUT2D eigenvalue weighted by Gasteiger charge is -2.32. The van der Waals surface area contributed by atoms with Crippen LogP contribution in [0.3, 0.4) is 0 Å². The molecule has 122 valence electrons. The predicted octanol–water partition coefficient (Wildman–Crippen LogP) is 1.15. The number of aromatic nitrogens is 3. The van der Waals surface area contributed by atoms with Gasteiger partial charge in [-0.05, 0) is 31.4 Å². The number of carbonyl (C=O) groups is 1. The number of amides is 1. The Morgan fingerprint density at radius 1 is 1.35 bits per heavy atom. The number of hydrogen-bond donors (Lipinski definition) is 1. The van der Waals surface area contributed by atoms with E-state index in [2.05, 4.69) is 44.7 Å². The number of benzene rings is 1. The van der Waals surface area contributed by atoms with Crippen LogP contribution >= 0.6 is 0 Å². The Kier molecular flexibility index (Phi) is 4.71. The van der Waals surface area contributed by atoms with Crippen molar-refractivity contribution in [2.45, 2.75) is 39.4 Å². The summed E-state index contributed by atoms with van der Waals surface area (Å²) in [4.78, 5) is 14.6. The average Bonchev–Trinajstić information content (AvgIpc) is 2.98. The van der Waals surface area contributed by atoms with Crippen molar-refractivity contribution in [1.82, 2.24) is 25.0 Å². The summed E-state index contributed by atoms with van der Waals surface area (Å²) in [5.41, 5.74) is 2.73. The molecule has 0 bridgehead atoms. The van der Waals surface area contributed by atoms with E-state index in [-0.39, 0.29) is 11.9 Å². The zero-order chi connectivity index (χ0) is 16.2. The van der Waals surface area contributed by atoms with E-state index in [9.17, 15) is 4.79 Å². The number of carbonyl (C=O) groups excluding carboxylic acids is 1. The van der Waals surface area contributed by atoms with Crippen molar-refractivity contribution < 1.29 is 4.79 Å². The Morgan fingerprint density at radius 2 is 2.13 bits per heavy atom. The van der Waals surface area contributed by atoms with Crippen molar-refractivity contribution in [2.75, 3.05) is 13.1 Å². The summed E-state index contributed by atoms with van der Waals surface area (Å²) in [5.74, 6) is 0.940. The molecule has 1 unspecified atom stereocenters. The molecule has 3 rings (SSSR count). The SMILES string of the molecule is Cc1nncn1CCNC(=O)C(C)N1CCc2ccccc2C1. The largest absolute Gasteiger partial charge is 0.353 e. The van der Waals surface area contributed by atoms with E-state index in [1.54, 1.807) is 6.33 Å². The Hall–Kier alpha value is -2.21. The summed E-state index contributed by atoms with van der Waals surface area (Å²) < 4.78 is 1.93. The number of fused-ring (bicyclic) bond motifs is 1. The van der Waals surface area contributed by atoms with Crippen LogP contribution in [0.4, 0.5) is 0 Å². The van der Waals surface area contributed by atoms with E-state index in [1.807, 2.05) is 18.4 Å². The highest BCUT2D eigenvalue weighted by Crippen LogP contribution is 2.20. The molecule has 6 heteroatoms. The van der Waals surface area contributed by atoms with Gasteiger partial charge in [0.25, 0.3) is 0 Å². The van der Waals surface area contributed by atoms with Crippen LogP contribution in [0, 0.1) is 6.92 Å². The highest BCUT2D eigenvalue weighted by Gasteiger charge is 2.24. The standard InChI is InChI=1S/C17H23N5O/c1-13(17(23)18-8-10-22-12-19-20-14(22)2)21-9-7-15-5-3-4-6-16(15)11-21/h3-6,12-13H,7-11H2,1-2H3,(H,18,23). The lowest BCUT2D eigenvalue weighted by Crippen LogP contribution is -2.47. The molecule has 2 aromatic rings. The fourth-order valence-corrected chi connectivity index (χ4v) is 2.99. The fourth-order valence-electron chi connectivity index (χ4n) is 2.99. The molecule has 1 aromatic heterocycles. The van der Waals surface area contributed by atoms with Crippen LogP contribution < -0.4 is 5.32 Å². The molecule has 2 heterocycles. The molecule has 0 saturated carbocycles. The molecule has 1 amide bonds. The van der Waals surface area contributed by atoms with Crippen molar-refractivity contribution in [3.8, 4) is 0 Å². The van der Waals surface area contributed by atoms with Gasteiger partial charge in [-0.3, -0.25) is 9.69 Å². The lowest BCUT2D eigenvalue weighted by molar-refractivity contribution is -0.126. The second-order valence-electron chi connectivity index (χ2n) is 6.03. The van der Waals surface area contributed by atoms with Gasteiger partial charge in [0.15, 0.2) is 0 Å². The number of aryl methyl sites for hydroxylation is 1. The van der Waals surface area contributed by atoms with Gasteiger partial charge in [-0.15, -0.1) is 10.2 Å². The van der Waals surface area contributed by atoms with Crippen LogP contribution in [-0.4, -0.2) is 44.7 Å². The van der Waals surface area contributed by atoms with Crippen LogP contribution in [-0.2, 0) is 24.3 Å². The topological polar surface area (TPSA) is 63.1 Å². The predicted molar refractivity (Wildman–Crippen MR) is 87.8 cm³/mol. The van der Waals surface area contributed by atoms with Gasteiger partial charge in [0.1, 0.15) is 12.2 Å². The highest BCUT2D eigenvalue weighted by atomic mass is 16.2. The molecule has 23 heavy (non-hydrogen) atoms. The summed E-state index contributed by atoms with van der Waals surface area (Å²) in [7, 11) is 0. The molecular formula is C17H23N5O. The Morgan fingerprint density at radius 3 is 2.87 bits per heavy atom. The fraction of sp³-hybridized carbons (Fsp3) is 0.471. The third kappa shape index (κ3) is 3.59. The van der Waals surface area contributed by atoms with Gasteiger partial charge < -0.3 is 9.88 Å². The zero-order valence-electron chi connectivity index (χ0n) is 13.7. The van der Waals surface area contributed by atoms with Gasteiger partial charge in [0, 0.05) is 26.2 Å².